The molecule has 0 unspecified atom stereocenters. The molecular formula is C11H13N3O2S. The molecule has 0 aliphatic carbocycles. The number of rotatable bonds is 3. The van der Waals surface area contributed by atoms with Crippen LogP contribution in [0, 0.1) is 0 Å². The van der Waals surface area contributed by atoms with Gasteiger partial charge < -0.3 is 5.11 Å². The smallest absolute Gasteiger partial charge is 0.343 e. The van der Waals surface area contributed by atoms with Gasteiger partial charge in [0.15, 0.2) is 5.16 Å². The van der Waals surface area contributed by atoms with Crippen LogP contribution in [-0.4, -0.2) is 19.9 Å². The number of hydrogen-bond donors (Lipinski definition) is 2. The summed E-state index contributed by atoms with van der Waals surface area (Å²) in [7, 11) is 1.65. The maximum absolute atomic E-state index is 11.2. The molecule has 1 aromatic heterocycles. The van der Waals surface area contributed by atoms with Crippen molar-refractivity contribution in [2.24, 2.45) is 7.05 Å². The SMILES string of the molecule is C[C@@H](O)c1ccccc1Sc1n[nH]c(=O)n1C. The monoisotopic (exact) mass is 251 g/mol. The molecule has 0 saturated heterocycles. The van der Waals surface area contributed by atoms with Gasteiger partial charge in [-0.1, -0.05) is 18.2 Å². The molecule has 2 aromatic rings. The quantitative estimate of drug-likeness (QED) is 0.863. The summed E-state index contributed by atoms with van der Waals surface area (Å²) in [6.07, 6.45) is -0.547. The van der Waals surface area contributed by atoms with E-state index in [1.165, 1.54) is 16.3 Å². The number of aromatic amines is 1. The van der Waals surface area contributed by atoms with Gasteiger partial charge in [-0.3, -0.25) is 4.57 Å². The van der Waals surface area contributed by atoms with Gasteiger partial charge in [-0.15, -0.1) is 5.10 Å². The average molecular weight is 251 g/mol. The fourth-order valence-electron chi connectivity index (χ4n) is 1.44. The topological polar surface area (TPSA) is 70.9 Å². The molecule has 0 amide bonds. The van der Waals surface area contributed by atoms with E-state index < -0.39 is 6.10 Å². The number of benzene rings is 1. The van der Waals surface area contributed by atoms with Gasteiger partial charge in [0.25, 0.3) is 0 Å². The van der Waals surface area contributed by atoms with Crippen molar-refractivity contribution in [2.75, 3.05) is 0 Å². The lowest BCUT2D eigenvalue weighted by Gasteiger charge is -2.10. The Labute approximate surface area is 102 Å². The van der Waals surface area contributed by atoms with Crippen molar-refractivity contribution in [3.63, 3.8) is 0 Å². The summed E-state index contributed by atoms with van der Waals surface area (Å²) in [4.78, 5) is 12.1. The van der Waals surface area contributed by atoms with Crippen LogP contribution in [0.25, 0.3) is 0 Å². The van der Waals surface area contributed by atoms with Crippen molar-refractivity contribution in [1.29, 1.82) is 0 Å². The van der Waals surface area contributed by atoms with E-state index in [0.717, 1.165) is 10.5 Å². The zero-order valence-corrected chi connectivity index (χ0v) is 10.4. The molecule has 0 fully saturated rings. The number of hydrogen-bond acceptors (Lipinski definition) is 4. The summed E-state index contributed by atoms with van der Waals surface area (Å²) in [5.41, 5.74) is 0.579. The van der Waals surface area contributed by atoms with Gasteiger partial charge in [-0.2, -0.15) is 0 Å². The van der Waals surface area contributed by atoms with Gasteiger partial charge in [-0.25, -0.2) is 9.89 Å². The van der Waals surface area contributed by atoms with E-state index in [1.54, 1.807) is 14.0 Å². The third-order valence-corrected chi connectivity index (χ3v) is 3.55. The van der Waals surface area contributed by atoms with Crippen LogP contribution in [0.3, 0.4) is 0 Å². The van der Waals surface area contributed by atoms with Crippen LogP contribution in [0.1, 0.15) is 18.6 Å². The predicted molar refractivity (Wildman–Crippen MR) is 65.0 cm³/mol. The molecule has 0 bridgehead atoms. The lowest BCUT2D eigenvalue weighted by atomic mass is 10.1. The molecule has 17 heavy (non-hydrogen) atoms. The van der Waals surface area contributed by atoms with Crippen LogP contribution in [0.5, 0.6) is 0 Å². The Morgan fingerprint density at radius 3 is 2.76 bits per heavy atom. The van der Waals surface area contributed by atoms with E-state index in [4.69, 9.17) is 0 Å². The normalized spacial score (nSPS) is 12.6. The number of H-pyrrole nitrogens is 1. The van der Waals surface area contributed by atoms with Crippen LogP contribution >= 0.6 is 11.8 Å². The summed E-state index contributed by atoms with van der Waals surface area (Å²) in [6.45, 7) is 1.71. The summed E-state index contributed by atoms with van der Waals surface area (Å²) in [5.74, 6) is 0. The Balaban J connectivity index is 2.36. The fourth-order valence-corrected chi connectivity index (χ4v) is 2.45. The fraction of sp³-hybridized carbons (Fsp3) is 0.273. The lowest BCUT2D eigenvalue weighted by molar-refractivity contribution is 0.196. The first kappa shape index (κ1) is 11.9. The van der Waals surface area contributed by atoms with Gasteiger partial charge in [0.2, 0.25) is 0 Å². The Hall–Kier alpha value is -1.53. The maximum Gasteiger partial charge on any atom is 0.343 e. The molecule has 6 heteroatoms. The highest BCUT2D eigenvalue weighted by Gasteiger charge is 2.12. The molecule has 90 valence electrons. The molecule has 1 heterocycles. The van der Waals surface area contributed by atoms with Gasteiger partial charge >= 0.3 is 5.69 Å². The minimum Gasteiger partial charge on any atom is -0.389 e. The highest BCUT2D eigenvalue weighted by molar-refractivity contribution is 7.99. The van der Waals surface area contributed by atoms with E-state index in [0.29, 0.717) is 5.16 Å². The van der Waals surface area contributed by atoms with Crippen LogP contribution in [-0.2, 0) is 7.05 Å². The highest BCUT2D eigenvalue weighted by Crippen LogP contribution is 2.31. The third kappa shape index (κ3) is 2.42. The van der Waals surface area contributed by atoms with Crippen molar-refractivity contribution < 1.29 is 5.11 Å². The van der Waals surface area contributed by atoms with Crippen LogP contribution in [0.15, 0.2) is 39.1 Å². The molecule has 0 saturated carbocycles. The first-order valence-electron chi connectivity index (χ1n) is 5.16. The molecule has 2 N–H and O–H groups in total. The standard InChI is InChI=1S/C11H13N3O2S/c1-7(15)8-5-3-4-6-9(8)17-11-13-12-10(16)14(11)2/h3-7,15H,1-2H3,(H,12,16)/t7-/m1/s1. The zero-order chi connectivity index (χ0) is 12.4. The second kappa shape index (κ2) is 4.77. The Morgan fingerprint density at radius 1 is 1.47 bits per heavy atom. The van der Waals surface area contributed by atoms with Crippen molar-refractivity contribution in [1.82, 2.24) is 14.8 Å². The second-order valence-corrected chi connectivity index (χ2v) is 4.70. The van der Waals surface area contributed by atoms with E-state index >= 15 is 0 Å². The van der Waals surface area contributed by atoms with Crippen molar-refractivity contribution in [3.05, 3.63) is 40.3 Å². The molecule has 1 aromatic carbocycles. The van der Waals surface area contributed by atoms with E-state index in [9.17, 15) is 9.90 Å². The minimum atomic E-state index is -0.547. The van der Waals surface area contributed by atoms with E-state index in [2.05, 4.69) is 10.2 Å². The van der Waals surface area contributed by atoms with Gasteiger partial charge in [0.05, 0.1) is 6.10 Å². The van der Waals surface area contributed by atoms with Crippen molar-refractivity contribution in [3.8, 4) is 0 Å². The molecule has 0 aliphatic rings. The third-order valence-electron chi connectivity index (χ3n) is 2.41. The Morgan fingerprint density at radius 2 is 2.18 bits per heavy atom. The number of nitrogens with one attached hydrogen (secondary N) is 1. The number of aromatic nitrogens is 3. The highest BCUT2D eigenvalue weighted by atomic mass is 32.2. The average Bonchev–Trinajstić information content (AvgIpc) is 2.61. The van der Waals surface area contributed by atoms with Crippen LogP contribution in [0.2, 0.25) is 0 Å². The van der Waals surface area contributed by atoms with E-state index in [1.807, 2.05) is 24.3 Å². The Kier molecular flexibility index (Phi) is 3.35. The molecule has 5 nitrogen and oxygen atoms in total. The lowest BCUT2D eigenvalue weighted by Crippen LogP contribution is -2.12. The first-order chi connectivity index (χ1) is 8.09. The number of aliphatic hydroxyl groups excluding tert-OH is 1. The summed E-state index contributed by atoms with van der Waals surface area (Å²) in [5, 5.41) is 16.5. The predicted octanol–water partition coefficient (Wildman–Crippen LogP) is 1.31. The maximum atomic E-state index is 11.2. The molecule has 2 rings (SSSR count). The molecule has 0 radical (unpaired) electrons. The van der Waals surface area contributed by atoms with Gasteiger partial charge in [-0.05, 0) is 30.3 Å². The molecular weight excluding hydrogens is 238 g/mol. The molecule has 0 spiro atoms. The van der Waals surface area contributed by atoms with E-state index in [-0.39, 0.29) is 5.69 Å². The minimum absolute atomic E-state index is 0.248. The van der Waals surface area contributed by atoms with Gasteiger partial charge in [0.1, 0.15) is 0 Å². The summed E-state index contributed by atoms with van der Waals surface area (Å²) >= 11 is 1.35. The number of nitrogens with zero attached hydrogens (tertiary/aromatic N) is 2. The zero-order valence-electron chi connectivity index (χ0n) is 9.54. The summed E-state index contributed by atoms with van der Waals surface area (Å²) < 4.78 is 1.43. The molecule has 0 aliphatic heterocycles. The van der Waals surface area contributed by atoms with Gasteiger partial charge in [0, 0.05) is 11.9 Å². The first-order valence-corrected chi connectivity index (χ1v) is 5.97. The largest absolute Gasteiger partial charge is 0.389 e. The molecule has 1 atom stereocenters. The summed E-state index contributed by atoms with van der Waals surface area (Å²) in [6, 6.07) is 7.51. The van der Waals surface area contributed by atoms with Crippen molar-refractivity contribution in [2.45, 2.75) is 23.1 Å². The van der Waals surface area contributed by atoms with Crippen LogP contribution in [0.4, 0.5) is 0 Å². The Bertz CT molecular complexity index is 574. The van der Waals surface area contributed by atoms with Crippen molar-refractivity contribution >= 4 is 11.8 Å². The van der Waals surface area contributed by atoms with Crippen LogP contribution < -0.4 is 5.69 Å². The second-order valence-electron chi connectivity index (χ2n) is 3.69. The number of aliphatic hydroxyl groups is 1.